The molecule has 0 unspecified atom stereocenters. The normalized spacial score (nSPS) is 10.9. The zero-order valence-corrected chi connectivity index (χ0v) is 18.4. The Bertz CT molecular complexity index is 1100. The minimum absolute atomic E-state index is 0.0916. The van der Waals surface area contributed by atoms with Gasteiger partial charge in [-0.1, -0.05) is 0 Å². The Balaban J connectivity index is 1.74. The SMILES string of the molecule is COc1cc([Se]c2cn(Cc3ccccc3)c3ccccc23)cc(OC)c1OC. The molecule has 4 aromatic rings. The van der Waals surface area contributed by atoms with Crippen LogP contribution in [-0.4, -0.2) is 40.9 Å². The first-order chi connectivity index (χ1) is 14.2. The molecule has 4 rings (SSSR count). The molecule has 0 aliphatic rings. The van der Waals surface area contributed by atoms with Gasteiger partial charge in [-0.3, -0.25) is 0 Å². The fraction of sp³-hybridized carbons (Fsp3) is 0.167. The van der Waals surface area contributed by atoms with Crippen LogP contribution in [0.15, 0.2) is 72.9 Å². The van der Waals surface area contributed by atoms with E-state index in [0.717, 1.165) is 6.54 Å². The summed E-state index contributed by atoms with van der Waals surface area (Å²) in [5.74, 6) is 2.01. The third-order valence-electron chi connectivity index (χ3n) is 4.81. The minimum atomic E-state index is 0.0916. The van der Waals surface area contributed by atoms with E-state index in [4.69, 9.17) is 14.2 Å². The van der Waals surface area contributed by atoms with Crippen molar-refractivity contribution in [2.75, 3.05) is 21.3 Å². The number of para-hydroxylation sites is 1. The fourth-order valence-corrected chi connectivity index (χ4v) is 5.65. The number of hydrogen-bond acceptors (Lipinski definition) is 3. The van der Waals surface area contributed by atoms with Crippen molar-refractivity contribution in [3.63, 3.8) is 0 Å². The van der Waals surface area contributed by atoms with Crippen molar-refractivity contribution >= 4 is 34.8 Å². The first-order valence-electron chi connectivity index (χ1n) is 9.33. The van der Waals surface area contributed by atoms with E-state index in [2.05, 4.69) is 65.4 Å². The average molecular weight is 452 g/mol. The maximum atomic E-state index is 5.53. The molecule has 0 fully saturated rings. The summed E-state index contributed by atoms with van der Waals surface area (Å²) in [6.07, 6.45) is 2.28. The number of aromatic nitrogens is 1. The Hall–Kier alpha value is -2.88. The van der Waals surface area contributed by atoms with Crippen molar-refractivity contribution in [1.29, 1.82) is 0 Å². The summed E-state index contributed by atoms with van der Waals surface area (Å²) in [6.45, 7) is 0.854. The van der Waals surface area contributed by atoms with Crippen LogP contribution in [0.25, 0.3) is 10.9 Å². The quantitative estimate of drug-likeness (QED) is 0.403. The van der Waals surface area contributed by atoms with Crippen LogP contribution in [0.1, 0.15) is 5.56 Å². The molecule has 1 heterocycles. The van der Waals surface area contributed by atoms with E-state index in [1.54, 1.807) is 21.3 Å². The van der Waals surface area contributed by atoms with Crippen molar-refractivity contribution in [3.05, 3.63) is 78.5 Å². The van der Waals surface area contributed by atoms with Gasteiger partial charge in [-0.25, -0.2) is 0 Å². The zero-order valence-electron chi connectivity index (χ0n) is 16.7. The molecule has 0 spiro atoms. The van der Waals surface area contributed by atoms with Crippen LogP contribution in [0.3, 0.4) is 0 Å². The van der Waals surface area contributed by atoms with Crippen LogP contribution in [-0.2, 0) is 6.54 Å². The summed E-state index contributed by atoms with van der Waals surface area (Å²) in [5.41, 5.74) is 2.54. The van der Waals surface area contributed by atoms with Crippen LogP contribution in [0.2, 0.25) is 0 Å². The van der Waals surface area contributed by atoms with E-state index in [1.165, 1.54) is 25.4 Å². The van der Waals surface area contributed by atoms with Crippen LogP contribution < -0.4 is 23.1 Å². The van der Waals surface area contributed by atoms with E-state index in [1.807, 2.05) is 12.1 Å². The fourth-order valence-electron chi connectivity index (χ4n) is 3.45. The predicted molar refractivity (Wildman–Crippen MR) is 119 cm³/mol. The van der Waals surface area contributed by atoms with Crippen LogP contribution in [0.4, 0.5) is 0 Å². The average Bonchev–Trinajstić information content (AvgIpc) is 3.11. The van der Waals surface area contributed by atoms with Gasteiger partial charge in [0.15, 0.2) is 0 Å². The van der Waals surface area contributed by atoms with Gasteiger partial charge in [0.05, 0.1) is 0 Å². The third kappa shape index (κ3) is 3.97. The second-order valence-corrected chi connectivity index (χ2v) is 8.93. The van der Waals surface area contributed by atoms with Gasteiger partial charge in [0.2, 0.25) is 0 Å². The second kappa shape index (κ2) is 8.64. The summed E-state index contributed by atoms with van der Waals surface area (Å²) in [7, 11) is 4.93. The van der Waals surface area contributed by atoms with Gasteiger partial charge >= 0.3 is 177 Å². The summed E-state index contributed by atoms with van der Waals surface area (Å²) >= 11 is 0.0916. The first-order valence-corrected chi connectivity index (χ1v) is 11.0. The number of rotatable bonds is 7. The maximum absolute atomic E-state index is 5.53. The Morgan fingerprint density at radius 2 is 1.45 bits per heavy atom. The van der Waals surface area contributed by atoms with E-state index in [-0.39, 0.29) is 15.0 Å². The Labute approximate surface area is 177 Å². The molecular formula is C24H23NO3Se. The molecule has 0 atom stereocenters. The number of hydrogen-bond donors (Lipinski definition) is 0. The molecular weight excluding hydrogens is 429 g/mol. The topological polar surface area (TPSA) is 32.6 Å². The van der Waals surface area contributed by atoms with E-state index in [0.29, 0.717) is 17.2 Å². The molecule has 0 N–H and O–H groups in total. The zero-order chi connectivity index (χ0) is 20.2. The summed E-state index contributed by atoms with van der Waals surface area (Å²) in [6, 6.07) is 23.2. The molecule has 148 valence electrons. The summed E-state index contributed by atoms with van der Waals surface area (Å²) in [5, 5.41) is 1.29. The van der Waals surface area contributed by atoms with Gasteiger partial charge in [-0.15, -0.1) is 0 Å². The van der Waals surface area contributed by atoms with Gasteiger partial charge in [0.1, 0.15) is 0 Å². The van der Waals surface area contributed by atoms with Gasteiger partial charge in [0.25, 0.3) is 0 Å². The van der Waals surface area contributed by atoms with E-state index < -0.39 is 0 Å². The molecule has 0 bridgehead atoms. The monoisotopic (exact) mass is 453 g/mol. The molecule has 5 heteroatoms. The number of methoxy groups -OCH3 is 3. The number of benzene rings is 3. The summed E-state index contributed by atoms with van der Waals surface area (Å²) < 4.78 is 21.4. The Morgan fingerprint density at radius 3 is 2.10 bits per heavy atom. The Kier molecular flexibility index (Phi) is 5.79. The van der Waals surface area contributed by atoms with Crippen molar-refractivity contribution in [3.8, 4) is 17.2 Å². The Morgan fingerprint density at radius 1 is 0.793 bits per heavy atom. The molecule has 1 aromatic heterocycles. The molecule has 3 aromatic carbocycles. The van der Waals surface area contributed by atoms with Crippen molar-refractivity contribution < 1.29 is 14.2 Å². The molecule has 29 heavy (non-hydrogen) atoms. The second-order valence-electron chi connectivity index (χ2n) is 6.59. The molecule has 0 radical (unpaired) electrons. The van der Waals surface area contributed by atoms with E-state index in [9.17, 15) is 0 Å². The van der Waals surface area contributed by atoms with Crippen molar-refractivity contribution in [2.24, 2.45) is 0 Å². The standard InChI is InChI=1S/C24H23NO3Se/c1-26-21-13-18(14-22(27-2)24(21)28-3)29-23-16-25(15-17-9-5-4-6-10-17)20-12-8-7-11-19(20)23/h4-14,16H,15H2,1-3H3. The number of ether oxygens (including phenoxy) is 3. The number of nitrogens with zero attached hydrogens (tertiary/aromatic N) is 1. The van der Waals surface area contributed by atoms with Crippen LogP contribution >= 0.6 is 0 Å². The predicted octanol–water partition coefficient (Wildman–Crippen LogP) is 3.37. The van der Waals surface area contributed by atoms with Crippen LogP contribution in [0, 0.1) is 0 Å². The molecule has 4 nitrogen and oxygen atoms in total. The summed E-state index contributed by atoms with van der Waals surface area (Å²) in [4.78, 5) is 0. The first kappa shape index (κ1) is 19.4. The number of fused-ring (bicyclic) bond motifs is 1. The third-order valence-corrected chi connectivity index (χ3v) is 6.95. The van der Waals surface area contributed by atoms with Gasteiger partial charge in [-0.05, 0) is 0 Å². The molecule has 0 amide bonds. The van der Waals surface area contributed by atoms with Crippen molar-refractivity contribution in [2.45, 2.75) is 6.54 Å². The van der Waals surface area contributed by atoms with Gasteiger partial charge < -0.3 is 0 Å². The molecule has 0 saturated carbocycles. The van der Waals surface area contributed by atoms with E-state index >= 15 is 0 Å². The van der Waals surface area contributed by atoms with Gasteiger partial charge in [0, 0.05) is 0 Å². The molecule has 0 aliphatic heterocycles. The van der Waals surface area contributed by atoms with Gasteiger partial charge in [-0.2, -0.15) is 0 Å². The molecule has 0 saturated heterocycles. The molecule has 0 aliphatic carbocycles. The van der Waals surface area contributed by atoms with Crippen molar-refractivity contribution in [1.82, 2.24) is 4.57 Å². The van der Waals surface area contributed by atoms with Crippen LogP contribution in [0.5, 0.6) is 17.2 Å².